The molecular formula is C12H16N2O4. The fraction of sp³-hybridized carbons (Fsp3) is 0.417. The maximum Gasteiger partial charge on any atom is 0.409 e. The van der Waals surface area contributed by atoms with Gasteiger partial charge in [0.1, 0.15) is 11.5 Å². The second-order valence-electron chi connectivity index (χ2n) is 3.89. The molecule has 0 bridgehead atoms. The molecule has 0 unspecified atom stereocenters. The maximum absolute atomic E-state index is 10.8. The molecule has 1 aliphatic rings. The first kappa shape index (κ1) is 12.5. The lowest BCUT2D eigenvalue weighted by molar-refractivity contribution is 0.122. The minimum Gasteiger partial charge on any atom is -0.497 e. The summed E-state index contributed by atoms with van der Waals surface area (Å²) in [7, 11) is 1.56. The maximum atomic E-state index is 10.8. The van der Waals surface area contributed by atoms with Crippen LogP contribution in [0.4, 0.5) is 10.5 Å². The average molecular weight is 252 g/mol. The number of carbonyl (C=O) groups excluding carboxylic acids is 1. The number of carbonyl (C=O) groups is 1. The first-order valence-corrected chi connectivity index (χ1v) is 5.68. The smallest absolute Gasteiger partial charge is 0.409 e. The van der Waals surface area contributed by atoms with E-state index in [9.17, 15) is 4.79 Å². The van der Waals surface area contributed by atoms with E-state index in [0.717, 1.165) is 18.8 Å². The van der Waals surface area contributed by atoms with E-state index in [0.29, 0.717) is 24.7 Å². The van der Waals surface area contributed by atoms with Gasteiger partial charge in [0.2, 0.25) is 0 Å². The van der Waals surface area contributed by atoms with Crippen molar-refractivity contribution in [3.05, 3.63) is 18.2 Å². The second-order valence-corrected chi connectivity index (χ2v) is 3.89. The van der Waals surface area contributed by atoms with Gasteiger partial charge in [-0.2, -0.15) is 0 Å². The van der Waals surface area contributed by atoms with Crippen molar-refractivity contribution in [2.45, 2.75) is 0 Å². The van der Waals surface area contributed by atoms with Crippen LogP contribution in [0.15, 0.2) is 18.2 Å². The largest absolute Gasteiger partial charge is 0.497 e. The molecule has 1 heterocycles. The number of morpholine rings is 1. The predicted molar refractivity (Wildman–Crippen MR) is 66.2 cm³/mol. The molecule has 1 amide bonds. The van der Waals surface area contributed by atoms with Crippen LogP contribution in [-0.2, 0) is 4.74 Å². The number of ether oxygens (including phenoxy) is 3. The van der Waals surface area contributed by atoms with Crippen molar-refractivity contribution in [1.29, 1.82) is 0 Å². The van der Waals surface area contributed by atoms with Crippen molar-refractivity contribution < 1.29 is 19.0 Å². The lowest BCUT2D eigenvalue weighted by Gasteiger charge is -2.29. The molecule has 1 fully saturated rings. The third kappa shape index (κ3) is 3.04. The normalized spacial score (nSPS) is 15.3. The van der Waals surface area contributed by atoms with Gasteiger partial charge in [0, 0.05) is 37.0 Å². The predicted octanol–water partition coefficient (Wildman–Crippen LogP) is 0.989. The van der Waals surface area contributed by atoms with Gasteiger partial charge in [-0.15, -0.1) is 0 Å². The number of anilines is 1. The zero-order chi connectivity index (χ0) is 13.0. The van der Waals surface area contributed by atoms with E-state index < -0.39 is 6.09 Å². The third-order valence-corrected chi connectivity index (χ3v) is 2.70. The SMILES string of the molecule is COc1cc(OC(N)=O)cc(N2CCOCC2)c1. The number of hydrogen-bond donors (Lipinski definition) is 1. The molecule has 1 aromatic rings. The number of nitrogens with zero attached hydrogens (tertiary/aromatic N) is 1. The summed E-state index contributed by atoms with van der Waals surface area (Å²) >= 11 is 0. The monoisotopic (exact) mass is 252 g/mol. The van der Waals surface area contributed by atoms with Gasteiger partial charge < -0.3 is 24.8 Å². The van der Waals surface area contributed by atoms with E-state index in [2.05, 4.69) is 4.90 Å². The zero-order valence-corrected chi connectivity index (χ0v) is 10.2. The summed E-state index contributed by atoms with van der Waals surface area (Å²) in [6.07, 6.45) is -0.837. The highest BCUT2D eigenvalue weighted by Gasteiger charge is 2.14. The molecule has 6 nitrogen and oxygen atoms in total. The number of rotatable bonds is 3. The van der Waals surface area contributed by atoms with Gasteiger partial charge in [0.15, 0.2) is 0 Å². The minimum absolute atomic E-state index is 0.378. The van der Waals surface area contributed by atoms with Crippen molar-refractivity contribution in [2.75, 3.05) is 38.3 Å². The topological polar surface area (TPSA) is 74.0 Å². The third-order valence-electron chi connectivity index (χ3n) is 2.70. The summed E-state index contributed by atoms with van der Waals surface area (Å²) < 4.78 is 15.4. The quantitative estimate of drug-likeness (QED) is 0.868. The summed E-state index contributed by atoms with van der Waals surface area (Å²) in [5.41, 5.74) is 5.93. The Kier molecular flexibility index (Phi) is 3.88. The van der Waals surface area contributed by atoms with E-state index in [4.69, 9.17) is 19.9 Å². The van der Waals surface area contributed by atoms with Crippen LogP contribution in [-0.4, -0.2) is 39.5 Å². The molecule has 1 aromatic carbocycles. The molecule has 18 heavy (non-hydrogen) atoms. The van der Waals surface area contributed by atoms with E-state index in [1.165, 1.54) is 0 Å². The number of nitrogens with two attached hydrogens (primary N) is 1. The molecule has 0 atom stereocenters. The lowest BCUT2D eigenvalue weighted by Crippen LogP contribution is -2.36. The number of methoxy groups -OCH3 is 1. The zero-order valence-electron chi connectivity index (χ0n) is 10.2. The van der Waals surface area contributed by atoms with Crippen LogP contribution in [0.25, 0.3) is 0 Å². The number of benzene rings is 1. The molecule has 0 aliphatic carbocycles. The van der Waals surface area contributed by atoms with Crippen molar-refractivity contribution in [1.82, 2.24) is 0 Å². The van der Waals surface area contributed by atoms with Crippen LogP contribution >= 0.6 is 0 Å². The summed E-state index contributed by atoms with van der Waals surface area (Å²) in [6, 6.07) is 5.27. The number of hydrogen-bond acceptors (Lipinski definition) is 5. The van der Waals surface area contributed by atoms with E-state index in [1.807, 2.05) is 6.07 Å². The van der Waals surface area contributed by atoms with Crippen LogP contribution < -0.4 is 20.1 Å². The van der Waals surface area contributed by atoms with Crippen molar-refractivity contribution in [2.24, 2.45) is 5.73 Å². The molecule has 0 spiro atoms. The Balaban J connectivity index is 2.24. The summed E-state index contributed by atoms with van der Waals surface area (Å²) in [5, 5.41) is 0. The number of primary amides is 1. The fourth-order valence-corrected chi connectivity index (χ4v) is 1.85. The Bertz CT molecular complexity index is 430. The molecule has 98 valence electrons. The Morgan fingerprint density at radius 1 is 1.28 bits per heavy atom. The Labute approximate surface area is 105 Å². The molecule has 2 N–H and O–H groups in total. The van der Waals surface area contributed by atoms with Crippen molar-refractivity contribution >= 4 is 11.8 Å². The van der Waals surface area contributed by atoms with E-state index in [-0.39, 0.29) is 0 Å². The molecule has 0 aromatic heterocycles. The summed E-state index contributed by atoms with van der Waals surface area (Å²) in [6.45, 7) is 2.96. The fourth-order valence-electron chi connectivity index (χ4n) is 1.85. The standard InChI is InChI=1S/C12H16N2O4/c1-16-10-6-9(14-2-4-17-5-3-14)7-11(8-10)18-12(13)15/h6-8H,2-5H2,1H3,(H2,13,15). The number of amides is 1. The highest BCUT2D eigenvalue weighted by Crippen LogP contribution is 2.29. The van der Waals surface area contributed by atoms with Crippen LogP contribution in [0.1, 0.15) is 0 Å². The van der Waals surface area contributed by atoms with Gasteiger partial charge in [-0.25, -0.2) is 4.79 Å². The molecule has 6 heteroatoms. The van der Waals surface area contributed by atoms with Crippen LogP contribution in [0, 0.1) is 0 Å². The summed E-state index contributed by atoms with van der Waals surface area (Å²) in [5.74, 6) is 0.999. The highest BCUT2D eigenvalue weighted by atomic mass is 16.5. The molecule has 1 saturated heterocycles. The van der Waals surface area contributed by atoms with Crippen LogP contribution in [0.5, 0.6) is 11.5 Å². The van der Waals surface area contributed by atoms with Gasteiger partial charge in [0.05, 0.1) is 20.3 Å². The first-order chi connectivity index (χ1) is 8.69. The van der Waals surface area contributed by atoms with Crippen molar-refractivity contribution in [3.8, 4) is 11.5 Å². The van der Waals surface area contributed by atoms with Crippen LogP contribution in [0.3, 0.4) is 0 Å². The van der Waals surface area contributed by atoms with Crippen molar-refractivity contribution in [3.63, 3.8) is 0 Å². The molecular weight excluding hydrogens is 236 g/mol. The average Bonchev–Trinajstić information content (AvgIpc) is 2.38. The minimum atomic E-state index is -0.837. The Hall–Kier alpha value is -1.95. The van der Waals surface area contributed by atoms with Gasteiger partial charge in [-0.1, -0.05) is 0 Å². The van der Waals surface area contributed by atoms with Gasteiger partial charge >= 0.3 is 6.09 Å². The van der Waals surface area contributed by atoms with Gasteiger partial charge in [-0.3, -0.25) is 0 Å². The van der Waals surface area contributed by atoms with E-state index >= 15 is 0 Å². The van der Waals surface area contributed by atoms with E-state index in [1.54, 1.807) is 19.2 Å². The van der Waals surface area contributed by atoms with Crippen LogP contribution in [0.2, 0.25) is 0 Å². The molecule has 1 aliphatic heterocycles. The highest BCUT2D eigenvalue weighted by molar-refractivity contribution is 5.69. The Morgan fingerprint density at radius 2 is 1.94 bits per heavy atom. The summed E-state index contributed by atoms with van der Waals surface area (Å²) in [4.78, 5) is 12.9. The molecule has 0 saturated carbocycles. The Morgan fingerprint density at radius 3 is 2.56 bits per heavy atom. The molecule has 0 radical (unpaired) electrons. The second kappa shape index (κ2) is 5.59. The van der Waals surface area contributed by atoms with Gasteiger partial charge in [0.25, 0.3) is 0 Å². The lowest BCUT2D eigenvalue weighted by atomic mass is 10.2. The first-order valence-electron chi connectivity index (χ1n) is 5.68. The molecule has 2 rings (SSSR count). The van der Waals surface area contributed by atoms with Gasteiger partial charge in [-0.05, 0) is 0 Å².